The van der Waals surface area contributed by atoms with Gasteiger partial charge in [0.15, 0.2) is 6.17 Å². The van der Waals surface area contributed by atoms with Crippen molar-refractivity contribution in [3.05, 3.63) is 51.8 Å². The lowest BCUT2D eigenvalue weighted by atomic mass is 10.1. The molecule has 2 amide bonds. The van der Waals surface area contributed by atoms with Crippen LogP contribution in [-0.4, -0.2) is 83.8 Å². The van der Waals surface area contributed by atoms with Gasteiger partial charge in [0.1, 0.15) is 39.5 Å². The molecule has 3 rings (SSSR count). The van der Waals surface area contributed by atoms with Crippen molar-refractivity contribution in [3.63, 3.8) is 0 Å². The van der Waals surface area contributed by atoms with Gasteiger partial charge in [0.05, 0.1) is 10.6 Å². The fourth-order valence-electron chi connectivity index (χ4n) is 4.44. The second kappa shape index (κ2) is 17.3. The number of aryl methyl sites for hydroxylation is 1. The Kier molecular flexibility index (Phi) is 14.2. The van der Waals surface area contributed by atoms with E-state index in [1.54, 1.807) is 59.7 Å². The average molecular weight is 780 g/mol. The molecular formula is C32H41Cl2FN4O9S2. The SMILES string of the molecule is CC(C)(C)OC(=O)NC(CCNCCCc1cc(Cl)ccc1Oc1cc(F)c(S(=O)(=O)N(C(=O)OC(C)(C)C)C2CSC=N2)cc1Cl)C(=O)O. The van der Waals surface area contributed by atoms with Crippen molar-refractivity contribution in [1.29, 1.82) is 0 Å². The number of carbonyl (C=O) groups is 3. The maximum absolute atomic E-state index is 15.6. The largest absolute Gasteiger partial charge is 0.480 e. The highest BCUT2D eigenvalue weighted by molar-refractivity contribution is 8.12. The van der Waals surface area contributed by atoms with Crippen LogP contribution >= 0.6 is 35.0 Å². The number of hydrogen-bond donors (Lipinski definition) is 3. The van der Waals surface area contributed by atoms with Crippen LogP contribution in [-0.2, 0) is 30.7 Å². The van der Waals surface area contributed by atoms with Gasteiger partial charge in [-0.15, -0.1) is 11.8 Å². The number of amides is 2. The summed E-state index contributed by atoms with van der Waals surface area (Å²) in [7, 11) is -4.82. The van der Waals surface area contributed by atoms with Gasteiger partial charge in [0, 0.05) is 16.8 Å². The highest BCUT2D eigenvalue weighted by Crippen LogP contribution is 2.37. The lowest BCUT2D eigenvalue weighted by molar-refractivity contribution is -0.139. The van der Waals surface area contributed by atoms with E-state index in [0.717, 1.165) is 12.1 Å². The van der Waals surface area contributed by atoms with Crippen LogP contribution in [0.25, 0.3) is 0 Å². The summed E-state index contributed by atoms with van der Waals surface area (Å²) in [5.41, 5.74) is 0.228. The molecule has 0 saturated heterocycles. The first kappa shape index (κ1) is 41.1. The molecule has 0 bridgehead atoms. The number of carboxylic acids is 1. The molecule has 1 heterocycles. The molecule has 0 saturated carbocycles. The highest BCUT2D eigenvalue weighted by Gasteiger charge is 2.41. The summed E-state index contributed by atoms with van der Waals surface area (Å²) >= 11 is 13.8. The number of carboxylic acid groups (broad SMARTS) is 1. The van der Waals surface area contributed by atoms with E-state index in [4.69, 9.17) is 37.4 Å². The number of nitrogens with zero attached hydrogens (tertiary/aromatic N) is 2. The third-order valence-corrected chi connectivity index (χ3v) is 9.63. The number of aliphatic imine (C=N–C) groups is 1. The molecule has 2 aromatic rings. The van der Waals surface area contributed by atoms with Gasteiger partial charge in [-0.3, -0.25) is 4.99 Å². The molecule has 0 aliphatic carbocycles. The fourth-order valence-corrected chi connectivity index (χ4v) is 7.18. The normalized spacial score (nSPS) is 15.3. The van der Waals surface area contributed by atoms with E-state index in [-0.39, 0.29) is 35.2 Å². The average Bonchev–Trinajstić information content (AvgIpc) is 3.49. The van der Waals surface area contributed by atoms with E-state index >= 15 is 4.39 Å². The smallest absolute Gasteiger partial charge is 0.426 e. The van der Waals surface area contributed by atoms with Crippen molar-refractivity contribution < 1.29 is 46.5 Å². The van der Waals surface area contributed by atoms with Crippen LogP contribution < -0.4 is 15.4 Å². The Morgan fingerprint density at radius 1 is 1.06 bits per heavy atom. The van der Waals surface area contributed by atoms with Crippen molar-refractivity contribution in [2.45, 2.75) is 89.1 Å². The predicted octanol–water partition coefficient (Wildman–Crippen LogP) is 6.84. The fraction of sp³-hybridized carbons (Fsp3) is 0.500. The van der Waals surface area contributed by atoms with Crippen molar-refractivity contribution in [1.82, 2.24) is 14.9 Å². The van der Waals surface area contributed by atoms with Gasteiger partial charge in [-0.25, -0.2) is 27.2 Å². The maximum Gasteiger partial charge on any atom is 0.426 e. The van der Waals surface area contributed by atoms with Gasteiger partial charge >= 0.3 is 18.2 Å². The molecule has 3 N–H and O–H groups in total. The van der Waals surface area contributed by atoms with E-state index in [2.05, 4.69) is 15.6 Å². The molecule has 2 aromatic carbocycles. The Labute approximate surface area is 305 Å². The zero-order valence-electron chi connectivity index (χ0n) is 28.4. The minimum Gasteiger partial charge on any atom is -0.480 e. The summed E-state index contributed by atoms with van der Waals surface area (Å²) in [6, 6.07) is 5.32. The predicted molar refractivity (Wildman–Crippen MR) is 190 cm³/mol. The number of carbonyl (C=O) groups excluding carboxylic acids is 2. The van der Waals surface area contributed by atoms with E-state index in [1.807, 2.05) is 0 Å². The quantitative estimate of drug-likeness (QED) is 0.171. The molecule has 2 unspecified atom stereocenters. The van der Waals surface area contributed by atoms with Crippen molar-refractivity contribution in [3.8, 4) is 11.5 Å². The van der Waals surface area contributed by atoms with E-state index in [0.29, 0.717) is 34.3 Å². The summed E-state index contributed by atoms with van der Waals surface area (Å²) in [6.45, 7) is 10.5. The number of thioether (sulfide) groups is 1. The molecule has 50 heavy (non-hydrogen) atoms. The first-order valence-electron chi connectivity index (χ1n) is 15.5. The van der Waals surface area contributed by atoms with E-state index < -0.39 is 62.3 Å². The number of benzene rings is 2. The van der Waals surface area contributed by atoms with Crippen LogP contribution in [0.1, 0.15) is 59.9 Å². The van der Waals surface area contributed by atoms with Crippen LogP contribution in [0.15, 0.2) is 40.2 Å². The molecule has 1 aliphatic heterocycles. The van der Waals surface area contributed by atoms with Crippen molar-refractivity contribution in [2.75, 3.05) is 18.8 Å². The summed E-state index contributed by atoms with van der Waals surface area (Å²) in [5, 5.41) is 15.1. The van der Waals surface area contributed by atoms with Gasteiger partial charge in [0.2, 0.25) is 0 Å². The van der Waals surface area contributed by atoms with Crippen LogP contribution in [0, 0.1) is 5.82 Å². The number of nitrogens with one attached hydrogen (secondary N) is 2. The molecular weight excluding hydrogens is 738 g/mol. The number of hydrogen-bond acceptors (Lipinski definition) is 11. The number of rotatable bonds is 14. The Morgan fingerprint density at radius 2 is 1.74 bits per heavy atom. The number of alkyl carbamates (subject to hydrolysis) is 1. The molecule has 0 spiro atoms. The zero-order chi connectivity index (χ0) is 37.4. The maximum atomic E-state index is 15.6. The molecule has 0 radical (unpaired) electrons. The molecule has 0 aromatic heterocycles. The Balaban J connectivity index is 1.69. The minimum absolute atomic E-state index is 0.109. The second-order valence-electron chi connectivity index (χ2n) is 13.1. The van der Waals surface area contributed by atoms with Crippen molar-refractivity contribution >= 4 is 68.7 Å². The van der Waals surface area contributed by atoms with E-state index in [1.165, 1.54) is 17.3 Å². The van der Waals surface area contributed by atoms with E-state index in [9.17, 15) is 27.9 Å². The standard InChI is InChI=1S/C32H41Cl2FN4O9S2/c1-31(2,3)47-29(42)38-23(28(40)41)11-13-36-12-7-8-19-14-20(33)9-10-24(19)46-25-16-22(35)26(15-21(25)34)50(44,45)39(27-17-49-18-37-27)30(43)48-32(4,5)6/h9-10,14-16,18,23,27,36H,7-8,11-13,17H2,1-6H3,(H,38,42)(H,40,41). The zero-order valence-corrected chi connectivity index (χ0v) is 31.6. The first-order chi connectivity index (χ1) is 23.2. The third-order valence-electron chi connectivity index (χ3n) is 6.56. The number of sulfonamides is 1. The molecule has 276 valence electrons. The topological polar surface area (TPSA) is 173 Å². The molecule has 2 atom stereocenters. The lowest BCUT2D eigenvalue weighted by Gasteiger charge is -2.29. The van der Waals surface area contributed by atoms with Crippen LogP contribution in [0.5, 0.6) is 11.5 Å². The number of aliphatic carboxylic acids is 1. The van der Waals surface area contributed by atoms with Crippen LogP contribution in [0.4, 0.5) is 14.0 Å². The van der Waals surface area contributed by atoms with Crippen LogP contribution in [0.2, 0.25) is 10.0 Å². The van der Waals surface area contributed by atoms with Gasteiger partial charge in [-0.1, -0.05) is 23.2 Å². The summed E-state index contributed by atoms with van der Waals surface area (Å²) in [6.07, 6.45) is -2.09. The Morgan fingerprint density at radius 3 is 2.34 bits per heavy atom. The molecule has 13 nitrogen and oxygen atoms in total. The monoisotopic (exact) mass is 778 g/mol. The van der Waals surface area contributed by atoms with Gasteiger partial charge in [-0.05, 0) is 104 Å². The Bertz CT molecular complexity index is 1700. The van der Waals surface area contributed by atoms with Gasteiger partial charge < -0.3 is 30.0 Å². The highest BCUT2D eigenvalue weighted by atomic mass is 35.5. The minimum atomic E-state index is -4.82. The van der Waals surface area contributed by atoms with Gasteiger partial charge in [-0.2, -0.15) is 4.31 Å². The Hall–Kier alpha value is -3.31. The van der Waals surface area contributed by atoms with Crippen LogP contribution in [0.3, 0.4) is 0 Å². The van der Waals surface area contributed by atoms with Crippen molar-refractivity contribution in [2.24, 2.45) is 4.99 Å². The number of ether oxygens (including phenoxy) is 3. The molecule has 1 aliphatic rings. The summed E-state index contributed by atoms with van der Waals surface area (Å²) in [5.74, 6) is -2.18. The molecule has 0 fully saturated rings. The third kappa shape index (κ3) is 12.2. The summed E-state index contributed by atoms with van der Waals surface area (Å²) in [4.78, 5) is 39.8. The van der Waals surface area contributed by atoms with Gasteiger partial charge in [0.25, 0.3) is 10.0 Å². The lowest BCUT2D eigenvalue weighted by Crippen LogP contribution is -2.46. The number of halogens is 3. The first-order valence-corrected chi connectivity index (χ1v) is 18.7. The second-order valence-corrected chi connectivity index (χ2v) is 16.6. The summed E-state index contributed by atoms with van der Waals surface area (Å²) < 4.78 is 59.7. The molecule has 18 heteroatoms.